The second kappa shape index (κ2) is 11.3. The molecule has 0 saturated heterocycles. The number of rotatable bonds is 6. The summed E-state index contributed by atoms with van der Waals surface area (Å²) in [7, 11) is 0. The lowest BCUT2D eigenvalue weighted by Crippen LogP contribution is -2.34. The minimum absolute atomic E-state index is 0.0666. The van der Waals surface area contributed by atoms with Crippen LogP contribution >= 0.6 is 54.8 Å². The van der Waals surface area contributed by atoms with Crippen LogP contribution in [0.5, 0.6) is 17.2 Å². The first-order chi connectivity index (χ1) is 17.5. The number of hydrogen-bond donors (Lipinski definition) is 2. The van der Waals surface area contributed by atoms with Crippen molar-refractivity contribution in [3.63, 3.8) is 0 Å². The van der Waals surface area contributed by atoms with Crippen LogP contribution < -0.4 is 20.1 Å². The fourth-order valence-electron chi connectivity index (χ4n) is 3.30. The lowest BCUT2D eigenvalue weighted by atomic mass is 10.2. The van der Waals surface area contributed by atoms with E-state index in [0.29, 0.717) is 36.2 Å². The second-order valence-corrected chi connectivity index (χ2v) is 11.0. The van der Waals surface area contributed by atoms with Crippen LogP contribution in [-0.2, 0) is 0 Å². The number of nitrogens with one attached hydrogen (secondary N) is 2. The Hall–Kier alpha value is -2.73. The van der Waals surface area contributed by atoms with Crippen LogP contribution in [0.4, 0.5) is 19.3 Å². The molecular weight excluding hydrogens is 658 g/mol. The van der Waals surface area contributed by atoms with E-state index in [4.69, 9.17) is 21.1 Å². The zero-order valence-electron chi connectivity index (χ0n) is 19.1. The van der Waals surface area contributed by atoms with E-state index in [-0.39, 0.29) is 33.8 Å². The molecule has 4 aromatic rings. The Morgan fingerprint density at radius 2 is 1.76 bits per heavy atom. The van der Waals surface area contributed by atoms with Gasteiger partial charge in [-0.05, 0) is 76.0 Å². The van der Waals surface area contributed by atoms with E-state index in [9.17, 15) is 18.4 Å². The van der Waals surface area contributed by atoms with Crippen LogP contribution in [0.25, 0.3) is 10.1 Å². The summed E-state index contributed by atoms with van der Waals surface area (Å²) >= 11 is 13.6. The van der Waals surface area contributed by atoms with E-state index in [1.165, 1.54) is 24.3 Å². The minimum Gasteiger partial charge on any atom is -0.487 e. The maximum atomic E-state index is 14.3. The summed E-state index contributed by atoms with van der Waals surface area (Å²) in [5.74, 6) is -1.12. The maximum Gasteiger partial charge on any atom is 0.326 e. The molecular formula is C25H17Br2ClF2N2O4S. The van der Waals surface area contributed by atoms with Crippen molar-refractivity contribution in [2.75, 3.05) is 5.32 Å². The molecule has 3 aromatic carbocycles. The second-order valence-electron chi connectivity index (χ2n) is 7.88. The molecule has 0 bridgehead atoms. The number of imide groups is 1. The van der Waals surface area contributed by atoms with E-state index in [2.05, 4.69) is 42.5 Å². The van der Waals surface area contributed by atoms with Crippen LogP contribution in [0.15, 0.2) is 57.5 Å². The number of ether oxygens (including phenoxy) is 2. The summed E-state index contributed by atoms with van der Waals surface area (Å²) in [5.41, 5.74) is 0.610. The van der Waals surface area contributed by atoms with Gasteiger partial charge in [0.05, 0.1) is 26.5 Å². The summed E-state index contributed by atoms with van der Waals surface area (Å²) in [6.45, 7) is 3.59. The Bertz CT molecular complexity index is 1530. The Morgan fingerprint density at radius 3 is 2.46 bits per heavy atom. The monoisotopic (exact) mass is 672 g/mol. The lowest BCUT2D eigenvalue weighted by Gasteiger charge is -2.18. The lowest BCUT2D eigenvalue weighted by molar-refractivity contribution is 0.0966. The zero-order chi connectivity index (χ0) is 26.9. The predicted octanol–water partition coefficient (Wildman–Crippen LogP) is 8.90. The fraction of sp³-hybridized carbons (Fsp3) is 0.120. The number of halogens is 5. The van der Waals surface area contributed by atoms with Gasteiger partial charge >= 0.3 is 6.03 Å². The number of carbonyl (C=O) groups excluding carboxylic acids is 2. The van der Waals surface area contributed by atoms with Crippen molar-refractivity contribution in [3.8, 4) is 17.2 Å². The molecule has 0 fully saturated rings. The van der Waals surface area contributed by atoms with Gasteiger partial charge in [-0.1, -0.05) is 23.7 Å². The highest BCUT2D eigenvalue weighted by molar-refractivity contribution is 9.10. The Balaban J connectivity index is 1.59. The molecule has 1 aromatic heterocycles. The largest absolute Gasteiger partial charge is 0.487 e. The van der Waals surface area contributed by atoms with Crippen molar-refractivity contribution >= 4 is 82.5 Å². The number of carbonyl (C=O) groups is 2. The number of hydrogen-bond acceptors (Lipinski definition) is 5. The summed E-state index contributed by atoms with van der Waals surface area (Å²) in [6, 6.07) is 12.0. The maximum absolute atomic E-state index is 14.3. The molecule has 0 radical (unpaired) electrons. The number of anilines is 1. The van der Waals surface area contributed by atoms with Crippen LogP contribution in [0.3, 0.4) is 0 Å². The summed E-state index contributed by atoms with van der Waals surface area (Å²) in [5, 5.41) is 3.67. The van der Waals surface area contributed by atoms with Gasteiger partial charge in [-0.15, -0.1) is 11.3 Å². The highest BCUT2D eigenvalue weighted by Gasteiger charge is 2.22. The minimum atomic E-state index is -1.05. The number of fused-ring (bicyclic) bond motifs is 1. The summed E-state index contributed by atoms with van der Waals surface area (Å²) in [4.78, 5) is 24.9. The molecule has 0 spiro atoms. The predicted molar refractivity (Wildman–Crippen MR) is 147 cm³/mol. The van der Waals surface area contributed by atoms with Gasteiger partial charge in [0, 0.05) is 20.9 Å². The molecule has 1 heterocycles. The van der Waals surface area contributed by atoms with Gasteiger partial charge in [-0.25, -0.2) is 9.18 Å². The van der Waals surface area contributed by atoms with Gasteiger partial charge in [0.15, 0.2) is 23.1 Å². The number of thiophene rings is 1. The molecule has 37 heavy (non-hydrogen) atoms. The SMILES string of the molecule is CC(C)Oc1cc(NC(=O)NC(=O)c2ccccc2Br)ccc1Oc1c(Br)cc2sc(F)c(F)c2c1Cl. The molecule has 192 valence electrons. The van der Waals surface area contributed by atoms with Gasteiger partial charge in [-0.2, -0.15) is 4.39 Å². The molecule has 0 aliphatic heterocycles. The summed E-state index contributed by atoms with van der Waals surface area (Å²) in [6.07, 6.45) is -0.270. The molecule has 0 saturated carbocycles. The zero-order valence-corrected chi connectivity index (χ0v) is 23.9. The molecule has 3 amide bonds. The van der Waals surface area contributed by atoms with Crippen molar-refractivity contribution < 1.29 is 27.8 Å². The molecule has 6 nitrogen and oxygen atoms in total. The van der Waals surface area contributed by atoms with Gasteiger partial charge in [0.1, 0.15) is 0 Å². The highest BCUT2D eigenvalue weighted by Crippen LogP contribution is 2.47. The first-order valence-electron chi connectivity index (χ1n) is 10.7. The van der Waals surface area contributed by atoms with E-state index >= 15 is 0 Å². The molecule has 4 rings (SSSR count). The standard InChI is InChI=1S/C25H17Br2ClF2N2O4S/c1-11(2)35-17-9-12(31-25(34)32-24(33)13-5-3-4-6-14(13)26)7-8-16(17)36-22-15(27)10-18-19(20(22)28)21(29)23(30)37-18/h3-11H,1-2H3,(H2,31,32,33,34). The third-order valence-corrected chi connectivity index (χ3v) is 7.39. The topological polar surface area (TPSA) is 76.7 Å². The van der Waals surface area contributed by atoms with Crippen molar-refractivity contribution in [2.24, 2.45) is 0 Å². The highest BCUT2D eigenvalue weighted by atomic mass is 79.9. The third-order valence-electron chi connectivity index (χ3n) is 4.85. The molecule has 2 N–H and O–H groups in total. The van der Waals surface area contributed by atoms with Crippen LogP contribution in [0.2, 0.25) is 5.02 Å². The van der Waals surface area contributed by atoms with E-state index in [1.807, 2.05) is 0 Å². The fourth-order valence-corrected chi connectivity index (χ4v) is 5.78. The number of benzene rings is 3. The van der Waals surface area contributed by atoms with Gasteiger partial charge in [0.2, 0.25) is 5.13 Å². The summed E-state index contributed by atoms with van der Waals surface area (Å²) < 4.78 is 41.2. The molecule has 0 aliphatic rings. The number of urea groups is 1. The average Bonchev–Trinajstić information content (AvgIpc) is 3.10. The molecule has 12 heteroatoms. The van der Waals surface area contributed by atoms with Crippen LogP contribution in [0, 0.1) is 10.9 Å². The Morgan fingerprint density at radius 1 is 1.03 bits per heavy atom. The van der Waals surface area contributed by atoms with Crippen molar-refractivity contribution in [1.82, 2.24) is 5.32 Å². The van der Waals surface area contributed by atoms with E-state index < -0.39 is 22.9 Å². The van der Waals surface area contributed by atoms with Crippen molar-refractivity contribution in [2.45, 2.75) is 20.0 Å². The first kappa shape index (κ1) is 27.3. The third kappa shape index (κ3) is 6.06. The number of amides is 3. The smallest absolute Gasteiger partial charge is 0.326 e. The quantitative estimate of drug-likeness (QED) is 0.214. The van der Waals surface area contributed by atoms with Gasteiger partial charge < -0.3 is 14.8 Å². The van der Waals surface area contributed by atoms with Crippen molar-refractivity contribution in [3.05, 3.63) is 79.0 Å². The molecule has 0 atom stereocenters. The van der Waals surface area contributed by atoms with Crippen LogP contribution in [-0.4, -0.2) is 18.0 Å². The first-order valence-corrected chi connectivity index (χ1v) is 13.4. The average molecular weight is 675 g/mol. The molecule has 0 unspecified atom stereocenters. The van der Waals surface area contributed by atoms with Crippen LogP contribution in [0.1, 0.15) is 24.2 Å². The Kier molecular flexibility index (Phi) is 8.37. The van der Waals surface area contributed by atoms with E-state index in [1.54, 1.807) is 38.1 Å². The van der Waals surface area contributed by atoms with E-state index in [0.717, 1.165) is 0 Å². The molecule has 0 aliphatic carbocycles. The van der Waals surface area contributed by atoms with Crippen molar-refractivity contribution in [1.29, 1.82) is 0 Å². The van der Waals surface area contributed by atoms with Gasteiger partial charge in [0.25, 0.3) is 5.91 Å². The Labute approximate surface area is 236 Å². The normalized spacial score (nSPS) is 11.0. The van der Waals surface area contributed by atoms with Gasteiger partial charge in [-0.3, -0.25) is 10.1 Å².